The van der Waals surface area contributed by atoms with Gasteiger partial charge in [-0.3, -0.25) is 4.79 Å². The van der Waals surface area contributed by atoms with E-state index in [0.717, 1.165) is 45.8 Å². The maximum Gasteiger partial charge on any atom is 0.225 e. The van der Waals surface area contributed by atoms with Crippen molar-refractivity contribution < 1.29 is 9.53 Å². The molecule has 0 saturated carbocycles. The SMILES string of the molecule is CCNC(=NCc1ccc2cc(OC)ccc2c1)NCC1CC(=O)Nc2ccccc21. The van der Waals surface area contributed by atoms with E-state index in [4.69, 9.17) is 9.73 Å². The predicted molar refractivity (Wildman–Crippen MR) is 126 cm³/mol. The van der Waals surface area contributed by atoms with E-state index in [1.807, 2.05) is 37.3 Å². The molecule has 0 spiro atoms. The second kappa shape index (κ2) is 9.51. The first-order chi connectivity index (χ1) is 15.2. The highest BCUT2D eigenvalue weighted by atomic mass is 16.5. The van der Waals surface area contributed by atoms with E-state index in [1.54, 1.807) is 7.11 Å². The third-order valence-corrected chi connectivity index (χ3v) is 5.50. The number of nitrogens with zero attached hydrogens (tertiary/aromatic N) is 1. The molecule has 0 aromatic heterocycles. The second-order valence-corrected chi connectivity index (χ2v) is 7.66. The molecule has 0 fully saturated rings. The van der Waals surface area contributed by atoms with Crippen LogP contribution in [0.2, 0.25) is 0 Å². The van der Waals surface area contributed by atoms with Gasteiger partial charge in [-0.2, -0.15) is 0 Å². The Morgan fingerprint density at radius 1 is 1.10 bits per heavy atom. The summed E-state index contributed by atoms with van der Waals surface area (Å²) in [6, 6.07) is 20.4. The number of hydrogen-bond acceptors (Lipinski definition) is 3. The summed E-state index contributed by atoms with van der Waals surface area (Å²) in [6.45, 7) is 4.03. The first-order valence-corrected chi connectivity index (χ1v) is 10.6. The number of aliphatic imine (C=N–C) groups is 1. The molecule has 160 valence electrons. The van der Waals surface area contributed by atoms with Crippen LogP contribution in [-0.2, 0) is 11.3 Å². The molecule has 1 heterocycles. The van der Waals surface area contributed by atoms with Crippen LogP contribution in [0.5, 0.6) is 5.75 Å². The van der Waals surface area contributed by atoms with Crippen molar-refractivity contribution in [1.29, 1.82) is 0 Å². The van der Waals surface area contributed by atoms with Gasteiger partial charge < -0.3 is 20.7 Å². The summed E-state index contributed by atoms with van der Waals surface area (Å²) in [7, 11) is 1.68. The third kappa shape index (κ3) is 4.97. The van der Waals surface area contributed by atoms with E-state index in [9.17, 15) is 4.79 Å². The van der Waals surface area contributed by atoms with Gasteiger partial charge in [0.1, 0.15) is 5.75 Å². The topological polar surface area (TPSA) is 74.8 Å². The molecule has 0 radical (unpaired) electrons. The maximum atomic E-state index is 12.1. The largest absolute Gasteiger partial charge is 0.497 e. The number of amides is 1. The van der Waals surface area contributed by atoms with E-state index in [2.05, 4.69) is 46.3 Å². The van der Waals surface area contributed by atoms with Crippen LogP contribution in [0.4, 0.5) is 5.69 Å². The first-order valence-electron chi connectivity index (χ1n) is 10.6. The minimum absolute atomic E-state index is 0.0558. The minimum atomic E-state index is 0.0558. The fraction of sp³-hybridized carbons (Fsp3) is 0.280. The van der Waals surface area contributed by atoms with E-state index in [1.165, 1.54) is 0 Å². The number of ether oxygens (including phenoxy) is 1. The molecule has 6 nitrogen and oxygen atoms in total. The summed E-state index contributed by atoms with van der Waals surface area (Å²) >= 11 is 0. The lowest BCUT2D eigenvalue weighted by atomic mass is 9.90. The van der Waals surface area contributed by atoms with Crippen LogP contribution >= 0.6 is 0 Å². The van der Waals surface area contributed by atoms with E-state index < -0.39 is 0 Å². The summed E-state index contributed by atoms with van der Waals surface area (Å²) in [4.78, 5) is 16.8. The average molecular weight is 417 g/mol. The maximum absolute atomic E-state index is 12.1. The molecular formula is C25H28N4O2. The van der Waals surface area contributed by atoms with Crippen molar-refractivity contribution in [2.75, 3.05) is 25.5 Å². The number of fused-ring (bicyclic) bond motifs is 2. The number of carbonyl (C=O) groups is 1. The molecule has 3 aromatic carbocycles. The lowest BCUT2D eigenvalue weighted by Crippen LogP contribution is -2.40. The van der Waals surface area contributed by atoms with Crippen molar-refractivity contribution in [2.45, 2.75) is 25.8 Å². The van der Waals surface area contributed by atoms with E-state index >= 15 is 0 Å². The molecule has 1 aliphatic heterocycles. The van der Waals surface area contributed by atoms with Gasteiger partial charge in [-0.05, 0) is 53.1 Å². The standard InChI is InChI=1S/C25H28N4O2/c1-3-26-25(28-16-20-14-24(30)29-23-7-5-4-6-22(20)23)27-15-17-8-9-19-13-21(31-2)11-10-18(19)12-17/h4-13,20H,3,14-16H2,1-2H3,(H,29,30)(H2,26,27,28). The van der Waals surface area contributed by atoms with Crippen LogP contribution in [0.1, 0.15) is 30.4 Å². The highest BCUT2D eigenvalue weighted by molar-refractivity contribution is 5.94. The van der Waals surface area contributed by atoms with Crippen LogP contribution in [-0.4, -0.2) is 32.1 Å². The van der Waals surface area contributed by atoms with Crippen LogP contribution in [0, 0.1) is 0 Å². The monoisotopic (exact) mass is 416 g/mol. The Bertz CT molecular complexity index is 1110. The van der Waals surface area contributed by atoms with Crippen LogP contribution in [0.15, 0.2) is 65.7 Å². The highest BCUT2D eigenvalue weighted by Gasteiger charge is 2.24. The zero-order valence-electron chi connectivity index (χ0n) is 17.9. The molecule has 6 heteroatoms. The number of anilines is 1. The van der Waals surface area contributed by atoms with Crippen molar-refractivity contribution in [3.05, 3.63) is 71.8 Å². The Kier molecular flexibility index (Phi) is 6.36. The molecule has 0 saturated heterocycles. The number of para-hydroxylation sites is 1. The van der Waals surface area contributed by atoms with Gasteiger partial charge in [-0.25, -0.2) is 4.99 Å². The summed E-state index contributed by atoms with van der Waals surface area (Å²) in [5.41, 5.74) is 3.20. The number of nitrogens with one attached hydrogen (secondary N) is 3. The van der Waals surface area contributed by atoms with Gasteiger partial charge in [-0.1, -0.05) is 36.4 Å². The quantitative estimate of drug-likeness (QED) is 0.419. The van der Waals surface area contributed by atoms with Gasteiger partial charge in [0.05, 0.1) is 13.7 Å². The van der Waals surface area contributed by atoms with Gasteiger partial charge in [-0.15, -0.1) is 0 Å². The lowest BCUT2D eigenvalue weighted by molar-refractivity contribution is -0.116. The number of hydrogen-bond donors (Lipinski definition) is 3. The number of guanidine groups is 1. The number of rotatable bonds is 6. The van der Waals surface area contributed by atoms with Gasteiger partial charge in [0, 0.05) is 31.1 Å². The molecule has 3 N–H and O–H groups in total. The molecule has 1 unspecified atom stereocenters. The number of carbonyl (C=O) groups excluding carboxylic acids is 1. The molecule has 4 rings (SSSR count). The van der Waals surface area contributed by atoms with Crippen LogP contribution < -0.4 is 20.7 Å². The summed E-state index contributed by atoms with van der Waals surface area (Å²) in [5.74, 6) is 1.78. The molecule has 1 amide bonds. The Labute approximate surface area is 182 Å². The Morgan fingerprint density at radius 2 is 1.90 bits per heavy atom. The Hall–Kier alpha value is -3.54. The van der Waals surface area contributed by atoms with Crippen molar-refractivity contribution in [3.8, 4) is 5.75 Å². The van der Waals surface area contributed by atoms with Crippen LogP contribution in [0.3, 0.4) is 0 Å². The third-order valence-electron chi connectivity index (χ3n) is 5.50. The fourth-order valence-corrected chi connectivity index (χ4v) is 3.91. The molecule has 31 heavy (non-hydrogen) atoms. The highest BCUT2D eigenvalue weighted by Crippen LogP contribution is 2.31. The van der Waals surface area contributed by atoms with Crippen molar-refractivity contribution in [3.63, 3.8) is 0 Å². The normalized spacial score (nSPS) is 15.9. The summed E-state index contributed by atoms with van der Waals surface area (Å²) < 4.78 is 5.30. The van der Waals surface area contributed by atoms with Gasteiger partial charge in [0.15, 0.2) is 5.96 Å². The molecule has 3 aromatic rings. The first kappa shape index (κ1) is 20.7. The Morgan fingerprint density at radius 3 is 2.74 bits per heavy atom. The number of benzene rings is 3. The summed E-state index contributed by atoms with van der Waals surface area (Å²) in [5, 5.41) is 12.0. The molecular weight excluding hydrogens is 388 g/mol. The van der Waals surface area contributed by atoms with Crippen LogP contribution in [0.25, 0.3) is 10.8 Å². The smallest absolute Gasteiger partial charge is 0.225 e. The molecule has 0 bridgehead atoms. The van der Waals surface area contributed by atoms with E-state index in [-0.39, 0.29) is 11.8 Å². The zero-order valence-corrected chi connectivity index (χ0v) is 17.9. The van der Waals surface area contributed by atoms with Crippen molar-refractivity contribution in [2.24, 2.45) is 4.99 Å². The van der Waals surface area contributed by atoms with E-state index in [0.29, 0.717) is 19.5 Å². The lowest BCUT2D eigenvalue weighted by Gasteiger charge is -2.26. The van der Waals surface area contributed by atoms with Gasteiger partial charge in [0.2, 0.25) is 5.91 Å². The van der Waals surface area contributed by atoms with Crippen molar-refractivity contribution in [1.82, 2.24) is 10.6 Å². The number of methoxy groups -OCH3 is 1. The molecule has 1 atom stereocenters. The predicted octanol–water partition coefficient (Wildman–Crippen LogP) is 4.03. The molecule has 0 aliphatic carbocycles. The fourth-order valence-electron chi connectivity index (χ4n) is 3.91. The van der Waals surface area contributed by atoms with Gasteiger partial charge in [0.25, 0.3) is 0 Å². The molecule has 1 aliphatic rings. The van der Waals surface area contributed by atoms with Crippen molar-refractivity contribution >= 4 is 28.3 Å². The zero-order chi connectivity index (χ0) is 21.6. The second-order valence-electron chi connectivity index (χ2n) is 7.66. The Balaban J connectivity index is 1.45. The van der Waals surface area contributed by atoms with Gasteiger partial charge >= 0.3 is 0 Å². The summed E-state index contributed by atoms with van der Waals surface area (Å²) in [6.07, 6.45) is 0.470. The average Bonchev–Trinajstić information content (AvgIpc) is 2.80. The minimum Gasteiger partial charge on any atom is -0.497 e.